The van der Waals surface area contributed by atoms with Crippen LogP contribution in [0.4, 0.5) is 10.2 Å². The van der Waals surface area contributed by atoms with Gasteiger partial charge in [-0.15, -0.1) is 0 Å². The van der Waals surface area contributed by atoms with Gasteiger partial charge in [0, 0.05) is 41.2 Å². The van der Waals surface area contributed by atoms with E-state index in [4.69, 9.17) is 11.6 Å². The molecule has 0 aliphatic heterocycles. The maximum absolute atomic E-state index is 13.2. The molecule has 0 atom stereocenters. The van der Waals surface area contributed by atoms with Gasteiger partial charge < -0.3 is 5.32 Å². The number of nitrogens with one attached hydrogen (secondary N) is 1. The van der Waals surface area contributed by atoms with Crippen molar-refractivity contribution >= 4 is 29.4 Å². The predicted molar refractivity (Wildman–Crippen MR) is 103 cm³/mol. The highest BCUT2D eigenvalue weighted by Crippen LogP contribution is 2.19. The summed E-state index contributed by atoms with van der Waals surface area (Å²) in [5.41, 5.74) is 2.44. The Hall–Kier alpha value is -2.93. The second-order valence-electron chi connectivity index (χ2n) is 6.02. The van der Waals surface area contributed by atoms with Crippen molar-refractivity contribution < 1.29 is 9.18 Å². The molecule has 6 nitrogen and oxygen atoms in total. The minimum Gasteiger partial charge on any atom is -0.306 e. The topological polar surface area (TPSA) is 64.7 Å². The number of anilines is 1. The quantitative estimate of drug-likeness (QED) is 0.652. The second kappa shape index (κ2) is 8.18. The third-order valence-electron chi connectivity index (χ3n) is 3.97. The van der Waals surface area contributed by atoms with E-state index in [2.05, 4.69) is 15.5 Å². The Kier molecular flexibility index (Phi) is 5.71. The SMILES string of the molecule is CCn1cc(/C=C/C(=O)Nc2cc(C)n(Cc3ccc(F)cc3Cl)n2)cn1. The van der Waals surface area contributed by atoms with Gasteiger partial charge in [-0.25, -0.2) is 4.39 Å². The molecular weight excluding hydrogens is 369 g/mol. The molecule has 0 saturated heterocycles. The molecule has 8 heteroatoms. The van der Waals surface area contributed by atoms with Gasteiger partial charge in [-0.05, 0) is 37.6 Å². The van der Waals surface area contributed by atoms with Crippen molar-refractivity contribution in [2.45, 2.75) is 26.9 Å². The van der Waals surface area contributed by atoms with Crippen molar-refractivity contribution in [1.82, 2.24) is 19.6 Å². The van der Waals surface area contributed by atoms with E-state index in [1.165, 1.54) is 18.2 Å². The molecule has 0 spiro atoms. The molecule has 2 aromatic heterocycles. The molecule has 0 fully saturated rings. The number of carbonyl (C=O) groups excluding carboxylic acids is 1. The second-order valence-corrected chi connectivity index (χ2v) is 6.42. The zero-order valence-electron chi connectivity index (χ0n) is 15.0. The molecule has 0 radical (unpaired) electrons. The van der Waals surface area contributed by atoms with E-state index < -0.39 is 0 Å². The lowest BCUT2D eigenvalue weighted by molar-refractivity contribution is -0.111. The van der Waals surface area contributed by atoms with Crippen LogP contribution in [0.15, 0.2) is 42.7 Å². The van der Waals surface area contributed by atoms with Crippen LogP contribution in [0.5, 0.6) is 0 Å². The fourth-order valence-corrected chi connectivity index (χ4v) is 2.75. The molecule has 27 heavy (non-hydrogen) atoms. The minimum atomic E-state index is -0.384. The molecule has 0 bridgehead atoms. The number of aromatic nitrogens is 4. The molecule has 3 rings (SSSR count). The van der Waals surface area contributed by atoms with Crippen molar-refractivity contribution in [3.8, 4) is 0 Å². The normalized spacial score (nSPS) is 11.3. The monoisotopic (exact) mass is 387 g/mol. The number of benzene rings is 1. The molecule has 0 aliphatic rings. The number of amides is 1. The maximum atomic E-state index is 13.2. The predicted octanol–water partition coefficient (Wildman–Crippen LogP) is 3.90. The van der Waals surface area contributed by atoms with Gasteiger partial charge in [-0.1, -0.05) is 17.7 Å². The number of nitrogens with zero attached hydrogens (tertiary/aromatic N) is 4. The van der Waals surface area contributed by atoms with Crippen LogP contribution in [0.3, 0.4) is 0 Å². The average Bonchev–Trinajstić information content (AvgIpc) is 3.22. The van der Waals surface area contributed by atoms with Crippen LogP contribution in [0.1, 0.15) is 23.7 Å². The fourth-order valence-electron chi connectivity index (χ4n) is 2.52. The summed E-state index contributed by atoms with van der Waals surface area (Å²) in [6.45, 7) is 5.02. The maximum Gasteiger partial charge on any atom is 0.249 e. The molecule has 140 valence electrons. The number of hydrogen-bond acceptors (Lipinski definition) is 3. The molecule has 1 N–H and O–H groups in total. The Bertz CT molecular complexity index is 992. The minimum absolute atomic E-state index is 0.288. The lowest BCUT2D eigenvalue weighted by Crippen LogP contribution is -2.09. The van der Waals surface area contributed by atoms with Crippen LogP contribution in [-0.2, 0) is 17.9 Å². The molecule has 3 aromatic rings. The van der Waals surface area contributed by atoms with Gasteiger partial charge >= 0.3 is 0 Å². The van der Waals surface area contributed by atoms with Crippen LogP contribution in [0.2, 0.25) is 5.02 Å². The Morgan fingerprint density at radius 3 is 2.89 bits per heavy atom. The lowest BCUT2D eigenvalue weighted by Gasteiger charge is -2.06. The van der Waals surface area contributed by atoms with Crippen molar-refractivity contribution in [3.05, 3.63) is 70.4 Å². The Labute approximate surface area is 161 Å². The first-order valence-corrected chi connectivity index (χ1v) is 8.82. The van der Waals surface area contributed by atoms with Crippen LogP contribution >= 0.6 is 11.6 Å². The number of hydrogen-bond donors (Lipinski definition) is 1. The van der Waals surface area contributed by atoms with E-state index >= 15 is 0 Å². The van der Waals surface area contributed by atoms with Crippen LogP contribution in [0, 0.1) is 12.7 Å². The first kappa shape index (κ1) is 18.8. The highest BCUT2D eigenvalue weighted by Gasteiger charge is 2.09. The number of rotatable bonds is 6. The van der Waals surface area contributed by atoms with Crippen LogP contribution in [-0.4, -0.2) is 25.5 Å². The first-order valence-electron chi connectivity index (χ1n) is 8.44. The summed E-state index contributed by atoms with van der Waals surface area (Å²) in [6, 6.07) is 6.01. The molecule has 0 aliphatic carbocycles. The molecule has 0 saturated carbocycles. The highest BCUT2D eigenvalue weighted by atomic mass is 35.5. The fraction of sp³-hybridized carbons (Fsp3) is 0.211. The van der Waals surface area contributed by atoms with Crippen LogP contribution in [0.25, 0.3) is 6.08 Å². The van der Waals surface area contributed by atoms with Crippen molar-refractivity contribution in [1.29, 1.82) is 0 Å². The van der Waals surface area contributed by atoms with Gasteiger partial charge in [0.1, 0.15) is 5.82 Å². The lowest BCUT2D eigenvalue weighted by atomic mass is 10.2. The van der Waals surface area contributed by atoms with E-state index in [-0.39, 0.29) is 11.7 Å². The number of aryl methyl sites for hydroxylation is 2. The smallest absolute Gasteiger partial charge is 0.249 e. The molecular formula is C19H19ClFN5O. The first-order chi connectivity index (χ1) is 12.9. The Morgan fingerprint density at radius 2 is 2.19 bits per heavy atom. The number of carbonyl (C=O) groups is 1. The summed E-state index contributed by atoms with van der Waals surface area (Å²) in [7, 11) is 0. The van der Waals surface area contributed by atoms with E-state index in [0.717, 1.165) is 23.4 Å². The van der Waals surface area contributed by atoms with Gasteiger partial charge in [-0.2, -0.15) is 10.2 Å². The third-order valence-corrected chi connectivity index (χ3v) is 4.32. The summed E-state index contributed by atoms with van der Waals surface area (Å²) >= 11 is 6.07. The van der Waals surface area contributed by atoms with Crippen LogP contribution < -0.4 is 5.32 Å². The molecule has 0 unspecified atom stereocenters. The summed E-state index contributed by atoms with van der Waals surface area (Å²) in [5, 5.41) is 11.6. The van der Waals surface area contributed by atoms with Crippen molar-refractivity contribution in [2.24, 2.45) is 0 Å². The number of halogens is 2. The van der Waals surface area contributed by atoms with Crippen molar-refractivity contribution in [3.63, 3.8) is 0 Å². The van der Waals surface area contributed by atoms with Gasteiger partial charge in [0.25, 0.3) is 0 Å². The summed E-state index contributed by atoms with van der Waals surface area (Å²) in [4.78, 5) is 12.1. The van der Waals surface area contributed by atoms with Gasteiger partial charge in [0.05, 0.1) is 12.7 Å². The Morgan fingerprint density at radius 1 is 1.37 bits per heavy atom. The largest absolute Gasteiger partial charge is 0.306 e. The van der Waals surface area contributed by atoms with E-state index in [9.17, 15) is 9.18 Å². The zero-order valence-corrected chi connectivity index (χ0v) is 15.7. The van der Waals surface area contributed by atoms with Crippen molar-refractivity contribution in [2.75, 3.05) is 5.32 Å². The van der Waals surface area contributed by atoms with Gasteiger partial charge in [0.2, 0.25) is 5.91 Å². The molecule has 2 heterocycles. The Balaban J connectivity index is 1.66. The van der Waals surface area contributed by atoms with E-state index in [1.807, 2.05) is 20.0 Å². The van der Waals surface area contributed by atoms with E-state index in [1.54, 1.807) is 33.8 Å². The highest BCUT2D eigenvalue weighted by molar-refractivity contribution is 6.31. The standard InChI is InChI=1S/C19H19ClFN5O/c1-3-25-11-14(10-22-25)4-7-19(27)23-18-8-13(2)26(24-18)12-15-5-6-16(21)9-17(15)20/h4-11H,3,12H2,1-2H3,(H,23,24,27)/b7-4+. The summed E-state index contributed by atoms with van der Waals surface area (Å²) < 4.78 is 16.6. The molecule has 1 aromatic carbocycles. The summed E-state index contributed by atoms with van der Waals surface area (Å²) in [6.07, 6.45) is 6.67. The van der Waals surface area contributed by atoms with E-state index in [0.29, 0.717) is 17.4 Å². The third kappa shape index (κ3) is 4.83. The van der Waals surface area contributed by atoms with Gasteiger partial charge in [-0.3, -0.25) is 14.2 Å². The zero-order chi connectivity index (χ0) is 19.4. The molecule has 1 amide bonds. The average molecular weight is 388 g/mol. The van der Waals surface area contributed by atoms with Gasteiger partial charge in [0.15, 0.2) is 5.82 Å². The summed E-state index contributed by atoms with van der Waals surface area (Å²) in [5.74, 6) is -0.237.